The van der Waals surface area contributed by atoms with Crippen LogP contribution in [0.15, 0.2) is 0 Å². The van der Waals surface area contributed by atoms with Gasteiger partial charge in [0.15, 0.2) is 0 Å². The summed E-state index contributed by atoms with van der Waals surface area (Å²) < 4.78 is 0. The minimum atomic E-state index is -1.23. The Bertz CT molecular complexity index is 376. The highest BCUT2D eigenvalue weighted by atomic mass is 16.4. The number of aliphatic carboxylic acids is 1. The molecule has 0 spiro atoms. The minimum absolute atomic E-state index is 0.0224. The van der Waals surface area contributed by atoms with E-state index >= 15 is 0 Å². The van der Waals surface area contributed by atoms with Crippen molar-refractivity contribution in [2.45, 2.75) is 45.1 Å². The van der Waals surface area contributed by atoms with Crippen LogP contribution in [-0.2, 0) is 9.59 Å². The highest BCUT2D eigenvalue weighted by molar-refractivity contribution is 5.86. The lowest BCUT2D eigenvalue weighted by atomic mass is 9.93. The van der Waals surface area contributed by atoms with Gasteiger partial charge in [-0.3, -0.25) is 4.79 Å². The van der Waals surface area contributed by atoms with Gasteiger partial charge in [-0.2, -0.15) is 0 Å². The largest absolute Gasteiger partial charge is 0.480 e. The van der Waals surface area contributed by atoms with Crippen LogP contribution >= 0.6 is 0 Å². The number of hydrogen-bond donors (Lipinski definition) is 4. The Morgan fingerprint density at radius 2 is 1.65 bits per heavy atom. The van der Waals surface area contributed by atoms with E-state index in [1.807, 2.05) is 0 Å². The molecule has 0 radical (unpaired) electrons. The molecule has 0 aromatic rings. The van der Waals surface area contributed by atoms with Crippen LogP contribution in [0, 0.1) is 5.92 Å². The van der Waals surface area contributed by atoms with Crippen molar-refractivity contribution in [3.8, 4) is 0 Å². The van der Waals surface area contributed by atoms with Gasteiger partial charge in [-0.05, 0) is 25.7 Å². The SMILES string of the molecule is CCC(CC)(NC(=O)NCCNC(=O)C1CC1)C(=O)O. The second-order valence-corrected chi connectivity index (χ2v) is 5.04. The molecule has 3 amide bonds. The van der Waals surface area contributed by atoms with Gasteiger partial charge in [0.25, 0.3) is 0 Å². The zero-order chi connectivity index (χ0) is 15.2. The average Bonchev–Trinajstić information content (AvgIpc) is 3.25. The smallest absolute Gasteiger partial charge is 0.329 e. The van der Waals surface area contributed by atoms with E-state index in [1.54, 1.807) is 13.8 Å². The van der Waals surface area contributed by atoms with E-state index in [4.69, 9.17) is 0 Å². The Hall–Kier alpha value is -1.79. The van der Waals surface area contributed by atoms with Crippen LogP contribution in [0.5, 0.6) is 0 Å². The van der Waals surface area contributed by atoms with E-state index in [2.05, 4.69) is 16.0 Å². The number of urea groups is 1. The first-order valence-corrected chi connectivity index (χ1v) is 7.02. The first-order valence-electron chi connectivity index (χ1n) is 7.02. The number of carboxylic acids is 1. The van der Waals surface area contributed by atoms with Crippen LogP contribution in [-0.4, -0.2) is 41.6 Å². The van der Waals surface area contributed by atoms with E-state index < -0.39 is 17.5 Å². The summed E-state index contributed by atoms with van der Waals surface area (Å²) in [5, 5.41) is 16.9. The molecule has 1 aliphatic rings. The Morgan fingerprint density at radius 3 is 2.10 bits per heavy atom. The lowest BCUT2D eigenvalue weighted by Gasteiger charge is -2.28. The van der Waals surface area contributed by atoms with E-state index in [0.717, 1.165) is 12.8 Å². The predicted molar refractivity (Wildman–Crippen MR) is 73.2 cm³/mol. The normalized spacial score (nSPS) is 14.5. The number of carbonyl (C=O) groups is 3. The van der Waals surface area contributed by atoms with Gasteiger partial charge in [0.1, 0.15) is 5.54 Å². The van der Waals surface area contributed by atoms with Crippen LogP contribution in [0.3, 0.4) is 0 Å². The lowest BCUT2D eigenvalue weighted by Crippen LogP contribution is -2.57. The number of carbonyl (C=O) groups excluding carboxylic acids is 2. The third-order valence-corrected chi connectivity index (χ3v) is 3.63. The average molecular weight is 285 g/mol. The molecule has 0 heterocycles. The highest BCUT2D eigenvalue weighted by Gasteiger charge is 2.36. The summed E-state index contributed by atoms with van der Waals surface area (Å²) in [6.07, 6.45) is 2.50. The fourth-order valence-corrected chi connectivity index (χ4v) is 1.90. The molecule has 0 bridgehead atoms. The van der Waals surface area contributed by atoms with Gasteiger partial charge in [-0.1, -0.05) is 13.8 Å². The molecule has 4 N–H and O–H groups in total. The molecule has 20 heavy (non-hydrogen) atoms. The predicted octanol–water partition coefficient (Wildman–Crippen LogP) is 0.455. The third kappa shape index (κ3) is 4.40. The van der Waals surface area contributed by atoms with E-state index in [9.17, 15) is 19.5 Å². The quantitative estimate of drug-likeness (QED) is 0.486. The molecule has 1 aliphatic carbocycles. The van der Waals surface area contributed by atoms with Gasteiger partial charge in [-0.15, -0.1) is 0 Å². The Morgan fingerprint density at radius 1 is 1.10 bits per heavy atom. The van der Waals surface area contributed by atoms with Gasteiger partial charge in [0.2, 0.25) is 5.91 Å². The van der Waals surface area contributed by atoms with Crippen LogP contribution < -0.4 is 16.0 Å². The summed E-state index contributed by atoms with van der Waals surface area (Å²) in [5.41, 5.74) is -1.23. The zero-order valence-corrected chi connectivity index (χ0v) is 12.0. The topological polar surface area (TPSA) is 108 Å². The number of carboxylic acid groups (broad SMARTS) is 1. The number of amides is 3. The molecule has 0 unspecified atom stereocenters. The molecular formula is C13H23N3O4. The van der Waals surface area contributed by atoms with Gasteiger partial charge in [0.05, 0.1) is 0 Å². The number of hydrogen-bond acceptors (Lipinski definition) is 3. The number of rotatable bonds is 8. The number of nitrogens with one attached hydrogen (secondary N) is 3. The van der Waals surface area contributed by atoms with Crippen molar-refractivity contribution >= 4 is 17.9 Å². The standard InChI is InChI=1S/C13H23N3O4/c1-3-13(4-2,11(18)19)16-12(20)15-8-7-14-10(17)9-5-6-9/h9H,3-8H2,1-2H3,(H,14,17)(H,18,19)(H2,15,16,20). The molecule has 0 aromatic carbocycles. The van der Waals surface area contributed by atoms with Gasteiger partial charge in [0, 0.05) is 19.0 Å². The van der Waals surface area contributed by atoms with E-state index in [0.29, 0.717) is 19.4 Å². The monoisotopic (exact) mass is 285 g/mol. The molecule has 0 aliphatic heterocycles. The van der Waals surface area contributed by atoms with Gasteiger partial charge in [-0.25, -0.2) is 9.59 Å². The van der Waals surface area contributed by atoms with Gasteiger partial charge < -0.3 is 21.1 Å². The Kier molecular flexibility index (Phi) is 5.79. The zero-order valence-electron chi connectivity index (χ0n) is 12.0. The second-order valence-electron chi connectivity index (χ2n) is 5.04. The molecule has 0 saturated heterocycles. The maximum atomic E-state index is 11.7. The maximum absolute atomic E-state index is 11.7. The molecule has 1 fully saturated rings. The Balaban J connectivity index is 2.27. The van der Waals surface area contributed by atoms with Crippen LogP contribution in [0.25, 0.3) is 0 Å². The van der Waals surface area contributed by atoms with Crippen molar-refractivity contribution in [2.24, 2.45) is 5.92 Å². The summed E-state index contributed by atoms with van der Waals surface area (Å²) in [6, 6.07) is -0.531. The first-order chi connectivity index (χ1) is 9.45. The molecule has 0 atom stereocenters. The summed E-state index contributed by atoms with van der Waals surface area (Å²) in [5.74, 6) is -0.877. The molecule has 0 aromatic heterocycles. The van der Waals surface area contributed by atoms with Gasteiger partial charge >= 0.3 is 12.0 Å². The summed E-state index contributed by atoms with van der Waals surface area (Å²) >= 11 is 0. The van der Waals surface area contributed by atoms with Crippen molar-refractivity contribution in [1.29, 1.82) is 0 Å². The van der Waals surface area contributed by atoms with Crippen molar-refractivity contribution in [1.82, 2.24) is 16.0 Å². The summed E-state index contributed by atoms with van der Waals surface area (Å²) in [6.45, 7) is 4.05. The fraction of sp³-hybridized carbons (Fsp3) is 0.769. The molecule has 1 saturated carbocycles. The molecule has 7 heteroatoms. The highest BCUT2D eigenvalue weighted by Crippen LogP contribution is 2.28. The second kappa shape index (κ2) is 7.12. The van der Waals surface area contributed by atoms with E-state index in [1.165, 1.54) is 0 Å². The molecular weight excluding hydrogens is 262 g/mol. The van der Waals surface area contributed by atoms with Crippen molar-refractivity contribution < 1.29 is 19.5 Å². The minimum Gasteiger partial charge on any atom is -0.480 e. The fourth-order valence-electron chi connectivity index (χ4n) is 1.90. The lowest BCUT2D eigenvalue weighted by molar-refractivity contribution is -0.144. The van der Waals surface area contributed by atoms with Crippen LogP contribution in [0.1, 0.15) is 39.5 Å². The summed E-state index contributed by atoms with van der Waals surface area (Å²) in [7, 11) is 0. The first kappa shape index (κ1) is 16.3. The molecule has 7 nitrogen and oxygen atoms in total. The summed E-state index contributed by atoms with van der Waals surface area (Å²) in [4.78, 5) is 34.2. The maximum Gasteiger partial charge on any atom is 0.329 e. The van der Waals surface area contributed by atoms with Crippen molar-refractivity contribution in [3.05, 3.63) is 0 Å². The van der Waals surface area contributed by atoms with Crippen LogP contribution in [0.4, 0.5) is 4.79 Å². The van der Waals surface area contributed by atoms with Crippen LogP contribution in [0.2, 0.25) is 0 Å². The third-order valence-electron chi connectivity index (χ3n) is 3.63. The molecule has 1 rings (SSSR count). The van der Waals surface area contributed by atoms with Crippen molar-refractivity contribution in [3.63, 3.8) is 0 Å². The Labute approximate surface area is 118 Å². The molecule has 114 valence electrons. The van der Waals surface area contributed by atoms with E-state index in [-0.39, 0.29) is 18.4 Å². The van der Waals surface area contributed by atoms with Crippen molar-refractivity contribution in [2.75, 3.05) is 13.1 Å².